The number of hydrogen-bond acceptors (Lipinski definition) is 3. The maximum absolute atomic E-state index is 11.9. The molecule has 1 aromatic rings. The summed E-state index contributed by atoms with van der Waals surface area (Å²) in [6.07, 6.45) is 1.81. The van der Waals surface area contributed by atoms with E-state index in [2.05, 4.69) is 5.32 Å². The largest absolute Gasteiger partial charge is 0.444 e. The number of rotatable bonds is 2. The second-order valence-electron chi connectivity index (χ2n) is 6.38. The molecule has 1 unspecified atom stereocenters. The van der Waals surface area contributed by atoms with Gasteiger partial charge in [0.2, 0.25) is 0 Å². The first kappa shape index (κ1) is 14.9. The Bertz CT molecular complexity index is 466. The van der Waals surface area contributed by atoms with E-state index in [4.69, 9.17) is 4.74 Å². The van der Waals surface area contributed by atoms with Gasteiger partial charge in [0.05, 0.1) is 6.04 Å². The Hall–Kier alpha value is -1.55. The smallest absolute Gasteiger partial charge is 0.407 e. The first-order valence-corrected chi connectivity index (χ1v) is 7.09. The molecule has 2 rings (SSSR count). The number of benzene rings is 1. The van der Waals surface area contributed by atoms with Crippen molar-refractivity contribution in [3.8, 4) is 0 Å². The highest BCUT2D eigenvalue weighted by Crippen LogP contribution is 2.38. The molecule has 1 saturated carbocycles. The molecule has 0 heterocycles. The van der Waals surface area contributed by atoms with Crippen LogP contribution in [0.1, 0.15) is 45.6 Å². The standard InChI is InChI=1S/C16H23NO3/c1-15(2,3)20-14(18)17-13-10-7-11-16(13,19)12-8-5-4-6-9-12/h4-6,8-9,13,19H,7,10-11H2,1-3H3,(H,17,18)/t13?,16-/m0/s1. The van der Waals surface area contributed by atoms with Gasteiger partial charge in [0.25, 0.3) is 0 Å². The van der Waals surface area contributed by atoms with Crippen molar-refractivity contribution in [3.63, 3.8) is 0 Å². The van der Waals surface area contributed by atoms with E-state index >= 15 is 0 Å². The van der Waals surface area contributed by atoms with Crippen molar-refractivity contribution in [3.05, 3.63) is 35.9 Å². The Balaban J connectivity index is 2.10. The molecule has 0 aliphatic heterocycles. The van der Waals surface area contributed by atoms with Crippen LogP contribution in [0, 0.1) is 0 Å². The summed E-state index contributed by atoms with van der Waals surface area (Å²) in [5.41, 5.74) is -0.690. The van der Waals surface area contributed by atoms with Crippen LogP contribution in [0.4, 0.5) is 4.79 Å². The summed E-state index contributed by atoms with van der Waals surface area (Å²) in [4.78, 5) is 11.9. The molecule has 2 N–H and O–H groups in total. The lowest BCUT2D eigenvalue weighted by Gasteiger charge is -2.32. The molecule has 0 bridgehead atoms. The SMILES string of the molecule is CC(C)(C)OC(=O)NC1CCC[C@]1(O)c1ccccc1. The van der Waals surface area contributed by atoms with Gasteiger partial charge in [0, 0.05) is 0 Å². The third kappa shape index (κ3) is 3.31. The maximum Gasteiger partial charge on any atom is 0.407 e. The summed E-state index contributed by atoms with van der Waals surface area (Å²) in [6, 6.07) is 9.20. The monoisotopic (exact) mass is 277 g/mol. The molecular formula is C16H23NO3. The lowest BCUT2D eigenvalue weighted by Crippen LogP contribution is -2.48. The minimum atomic E-state index is -1.00. The van der Waals surface area contributed by atoms with E-state index in [0.29, 0.717) is 6.42 Å². The van der Waals surface area contributed by atoms with E-state index in [1.807, 2.05) is 51.1 Å². The number of amides is 1. The predicted molar refractivity (Wildman–Crippen MR) is 77.3 cm³/mol. The van der Waals surface area contributed by atoms with Crippen LogP contribution < -0.4 is 5.32 Å². The van der Waals surface area contributed by atoms with Gasteiger partial charge in [0.15, 0.2) is 0 Å². The van der Waals surface area contributed by atoms with Crippen LogP contribution >= 0.6 is 0 Å². The van der Waals surface area contributed by atoms with Crippen molar-refractivity contribution in [2.75, 3.05) is 0 Å². The van der Waals surface area contributed by atoms with Crippen molar-refractivity contribution < 1.29 is 14.6 Å². The fraction of sp³-hybridized carbons (Fsp3) is 0.562. The number of hydrogen-bond donors (Lipinski definition) is 2. The molecule has 1 aromatic carbocycles. The molecule has 20 heavy (non-hydrogen) atoms. The van der Waals surface area contributed by atoms with E-state index in [1.54, 1.807) is 0 Å². The van der Waals surface area contributed by atoms with E-state index < -0.39 is 17.3 Å². The molecular weight excluding hydrogens is 254 g/mol. The van der Waals surface area contributed by atoms with Gasteiger partial charge in [-0.2, -0.15) is 0 Å². The first-order valence-electron chi connectivity index (χ1n) is 7.09. The van der Waals surface area contributed by atoms with Gasteiger partial charge in [-0.1, -0.05) is 30.3 Å². The lowest BCUT2D eigenvalue weighted by atomic mass is 9.89. The van der Waals surface area contributed by atoms with E-state index in [1.165, 1.54) is 0 Å². The summed E-state index contributed by atoms with van der Waals surface area (Å²) < 4.78 is 5.27. The summed E-state index contributed by atoms with van der Waals surface area (Å²) in [6.45, 7) is 5.47. The molecule has 0 radical (unpaired) electrons. The van der Waals surface area contributed by atoms with Crippen LogP contribution in [0.3, 0.4) is 0 Å². The van der Waals surface area contributed by atoms with Crippen molar-refractivity contribution in [2.45, 2.75) is 57.3 Å². The lowest BCUT2D eigenvalue weighted by molar-refractivity contribution is 0.00440. The zero-order valence-corrected chi connectivity index (χ0v) is 12.3. The van der Waals surface area contributed by atoms with Gasteiger partial charge in [-0.15, -0.1) is 0 Å². The fourth-order valence-electron chi connectivity index (χ4n) is 2.70. The molecule has 4 heteroatoms. The number of carbonyl (C=O) groups excluding carboxylic acids is 1. The number of carbonyl (C=O) groups is 1. The molecule has 110 valence electrons. The normalized spacial score (nSPS) is 26.3. The van der Waals surface area contributed by atoms with E-state index in [-0.39, 0.29) is 6.04 Å². The Morgan fingerprint density at radius 3 is 2.60 bits per heavy atom. The summed E-state index contributed by atoms with van der Waals surface area (Å²) >= 11 is 0. The van der Waals surface area contributed by atoms with Gasteiger partial charge < -0.3 is 15.2 Å². The third-order valence-corrected chi connectivity index (χ3v) is 3.59. The Morgan fingerprint density at radius 2 is 2.00 bits per heavy atom. The molecule has 1 fully saturated rings. The molecule has 1 amide bonds. The second-order valence-corrected chi connectivity index (χ2v) is 6.38. The maximum atomic E-state index is 11.9. The Labute approximate surface area is 120 Å². The van der Waals surface area contributed by atoms with Crippen LogP contribution in [0.15, 0.2) is 30.3 Å². The number of ether oxygens (including phenoxy) is 1. The van der Waals surface area contributed by atoms with Gasteiger partial charge in [-0.3, -0.25) is 0 Å². The van der Waals surface area contributed by atoms with Crippen molar-refractivity contribution in [1.29, 1.82) is 0 Å². The minimum absolute atomic E-state index is 0.306. The van der Waals surface area contributed by atoms with Gasteiger partial charge >= 0.3 is 6.09 Å². The quantitative estimate of drug-likeness (QED) is 0.873. The molecule has 0 aromatic heterocycles. The highest BCUT2D eigenvalue weighted by Gasteiger charge is 2.43. The van der Waals surface area contributed by atoms with Crippen LogP contribution in [0.25, 0.3) is 0 Å². The van der Waals surface area contributed by atoms with E-state index in [9.17, 15) is 9.90 Å². The number of aliphatic hydroxyl groups is 1. The van der Waals surface area contributed by atoms with Crippen molar-refractivity contribution >= 4 is 6.09 Å². The number of alkyl carbamates (subject to hydrolysis) is 1. The predicted octanol–water partition coefficient (Wildman–Crippen LogP) is 2.95. The van der Waals surface area contributed by atoms with Crippen molar-refractivity contribution in [2.24, 2.45) is 0 Å². The average Bonchev–Trinajstić information content (AvgIpc) is 2.71. The molecule has 4 nitrogen and oxygen atoms in total. The topological polar surface area (TPSA) is 58.6 Å². The average molecular weight is 277 g/mol. The molecule has 0 saturated heterocycles. The molecule has 2 atom stereocenters. The number of nitrogens with one attached hydrogen (secondary N) is 1. The Kier molecular flexibility index (Phi) is 4.04. The second kappa shape index (κ2) is 5.44. The van der Waals surface area contributed by atoms with Gasteiger partial charge in [0.1, 0.15) is 11.2 Å². The summed E-state index contributed by atoms with van der Waals surface area (Å²) in [5.74, 6) is 0. The fourth-order valence-corrected chi connectivity index (χ4v) is 2.70. The zero-order valence-electron chi connectivity index (χ0n) is 12.3. The van der Waals surface area contributed by atoms with Crippen LogP contribution in [-0.2, 0) is 10.3 Å². The first-order chi connectivity index (χ1) is 9.31. The summed E-state index contributed by atoms with van der Waals surface area (Å²) in [7, 11) is 0. The van der Waals surface area contributed by atoms with Gasteiger partial charge in [-0.05, 0) is 45.6 Å². The molecule has 0 spiro atoms. The van der Waals surface area contributed by atoms with E-state index in [0.717, 1.165) is 18.4 Å². The third-order valence-electron chi connectivity index (χ3n) is 3.59. The Morgan fingerprint density at radius 1 is 1.35 bits per heavy atom. The van der Waals surface area contributed by atoms with Crippen molar-refractivity contribution in [1.82, 2.24) is 5.32 Å². The van der Waals surface area contributed by atoms with Gasteiger partial charge in [-0.25, -0.2) is 4.79 Å². The summed E-state index contributed by atoms with van der Waals surface area (Å²) in [5, 5.41) is 13.7. The minimum Gasteiger partial charge on any atom is -0.444 e. The van der Waals surface area contributed by atoms with Crippen LogP contribution in [0.5, 0.6) is 0 Å². The highest BCUT2D eigenvalue weighted by atomic mass is 16.6. The van der Waals surface area contributed by atoms with Crippen LogP contribution in [0.2, 0.25) is 0 Å². The zero-order chi connectivity index (χ0) is 14.8. The highest BCUT2D eigenvalue weighted by molar-refractivity contribution is 5.68. The molecule has 1 aliphatic rings. The van der Waals surface area contributed by atoms with Crippen LogP contribution in [-0.4, -0.2) is 22.8 Å². The molecule has 1 aliphatic carbocycles.